The molecule has 0 heterocycles. The molecule has 6 heteroatoms. The van der Waals surface area contributed by atoms with Crippen LogP contribution in [0.1, 0.15) is 35.6 Å². The van der Waals surface area contributed by atoms with Crippen molar-refractivity contribution in [2.75, 3.05) is 0 Å². The third kappa shape index (κ3) is 3.59. The average Bonchev–Trinajstić information content (AvgIpc) is 2.55. The second-order valence-corrected chi connectivity index (χ2v) is 7.72. The van der Waals surface area contributed by atoms with Gasteiger partial charge >= 0.3 is 6.03 Å². The number of hydrogen-bond acceptors (Lipinski definition) is 3. The van der Waals surface area contributed by atoms with E-state index in [1.54, 1.807) is 12.1 Å². The number of fused-ring (bicyclic) bond motifs is 1. The highest BCUT2D eigenvalue weighted by molar-refractivity contribution is 7.90. The van der Waals surface area contributed by atoms with Crippen molar-refractivity contribution in [2.24, 2.45) is 0 Å². The van der Waals surface area contributed by atoms with Gasteiger partial charge in [0.1, 0.15) is 0 Å². The van der Waals surface area contributed by atoms with Crippen molar-refractivity contribution in [3.05, 3.63) is 65.2 Å². The molecular formula is C18H20N2O3S. The predicted octanol–water partition coefficient (Wildman–Crippen LogP) is 3.06. The van der Waals surface area contributed by atoms with Crippen molar-refractivity contribution in [1.82, 2.24) is 10.0 Å². The van der Waals surface area contributed by atoms with Gasteiger partial charge < -0.3 is 5.32 Å². The highest BCUT2D eigenvalue weighted by Gasteiger charge is 2.24. The van der Waals surface area contributed by atoms with Gasteiger partial charge in [0.05, 0.1) is 10.9 Å². The number of aryl methyl sites for hydroxylation is 2. The van der Waals surface area contributed by atoms with Gasteiger partial charge in [-0.1, -0.05) is 42.0 Å². The Kier molecular flexibility index (Phi) is 4.57. The van der Waals surface area contributed by atoms with Crippen LogP contribution in [0.2, 0.25) is 0 Å². The molecule has 0 aromatic heterocycles. The summed E-state index contributed by atoms with van der Waals surface area (Å²) in [4.78, 5) is 12.3. The van der Waals surface area contributed by atoms with E-state index in [4.69, 9.17) is 0 Å². The Morgan fingerprint density at radius 1 is 1.08 bits per heavy atom. The molecule has 24 heavy (non-hydrogen) atoms. The first-order chi connectivity index (χ1) is 11.5. The van der Waals surface area contributed by atoms with Crippen molar-refractivity contribution >= 4 is 16.1 Å². The Balaban J connectivity index is 1.71. The third-order valence-electron chi connectivity index (χ3n) is 4.23. The molecule has 3 rings (SSSR count). The van der Waals surface area contributed by atoms with E-state index in [9.17, 15) is 13.2 Å². The molecule has 0 spiro atoms. The molecule has 5 nitrogen and oxygen atoms in total. The SMILES string of the molecule is Cc1ccc(S(=O)(=O)NC(=O)NC2CCCc3ccccc32)cc1. The van der Waals surface area contributed by atoms with Crippen LogP contribution in [0.3, 0.4) is 0 Å². The molecule has 0 radical (unpaired) electrons. The minimum absolute atomic E-state index is 0.0762. The molecule has 1 atom stereocenters. The van der Waals surface area contributed by atoms with Gasteiger partial charge in [0.2, 0.25) is 0 Å². The Morgan fingerprint density at radius 3 is 2.54 bits per heavy atom. The number of rotatable bonds is 3. The van der Waals surface area contributed by atoms with Crippen LogP contribution in [0.4, 0.5) is 4.79 Å². The predicted molar refractivity (Wildman–Crippen MR) is 92.2 cm³/mol. The molecular weight excluding hydrogens is 324 g/mol. The lowest BCUT2D eigenvalue weighted by Gasteiger charge is -2.26. The van der Waals surface area contributed by atoms with E-state index in [0.29, 0.717) is 0 Å². The average molecular weight is 344 g/mol. The topological polar surface area (TPSA) is 75.3 Å². The normalized spacial score (nSPS) is 17.0. The zero-order valence-electron chi connectivity index (χ0n) is 13.5. The van der Waals surface area contributed by atoms with E-state index in [1.165, 1.54) is 17.7 Å². The first-order valence-electron chi connectivity index (χ1n) is 7.93. The van der Waals surface area contributed by atoms with E-state index < -0.39 is 16.1 Å². The highest BCUT2D eigenvalue weighted by atomic mass is 32.2. The van der Waals surface area contributed by atoms with Crippen LogP contribution in [-0.2, 0) is 16.4 Å². The zero-order valence-corrected chi connectivity index (χ0v) is 14.3. The summed E-state index contributed by atoms with van der Waals surface area (Å²) in [5.41, 5.74) is 3.22. The summed E-state index contributed by atoms with van der Waals surface area (Å²) in [5.74, 6) is 0. The molecule has 2 N–H and O–H groups in total. The van der Waals surface area contributed by atoms with Gasteiger partial charge in [0, 0.05) is 0 Å². The van der Waals surface area contributed by atoms with Crippen molar-refractivity contribution in [3.8, 4) is 0 Å². The summed E-state index contributed by atoms with van der Waals surface area (Å²) >= 11 is 0. The molecule has 2 amide bonds. The lowest BCUT2D eigenvalue weighted by atomic mass is 9.88. The van der Waals surface area contributed by atoms with Crippen molar-refractivity contribution in [3.63, 3.8) is 0 Å². The van der Waals surface area contributed by atoms with Crippen LogP contribution < -0.4 is 10.0 Å². The molecule has 2 aromatic rings. The lowest BCUT2D eigenvalue weighted by Crippen LogP contribution is -2.41. The Morgan fingerprint density at radius 2 is 1.79 bits per heavy atom. The fourth-order valence-corrected chi connectivity index (χ4v) is 3.91. The number of benzene rings is 2. The summed E-state index contributed by atoms with van der Waals surface area (Å²) in [6.07, 6.45) is 2.75. The number of sulfonamides is 1. The number of carbonyl (C=O) groups excluding carboxylic acids is 1. The minimum atomic E-state index is -3.87. The van der Waals surface area contributed by atoms with Crippen LogP contribution >= 0.6 is 0 Å². The molecule has 2 aromatic carbocycles. The number of amides is 2. The highest BCUT2D eigenvalue weighted by Crippen LogP contribution is 2.29. The van der Waals surface area contributed by atoms with E-state index in [0.717, 1.165) is 30.4 Å². The standard InChI is InChI=1S/C18H20N2O3S/c1-13-9-11-15(12-10-13)24(22,23)20-18(21)19-17-8-4-6-14-5-2-3-7-16(14)17/h2-3,5,7,9-12,17H,4,6,8H2,1H3,(H2,19,20,21). The molecule has 1 unspecified atom stereocenters. The van der Waals surface area contributed by atoms with Crippen LogP contribution in [0.5, 0.6) is 0 Å². The summed E-state index contributed by atoms with van der Waals surface area (Å²) in [6.45, 7) is 1.87. The van der Waals surface area contributed by atoms with Gasteiger partial charge in [-0.2, -0.15) is 0 Å². The lowest BCUT2D eigenvalue weighted by molar-refractivity contribution is 0.240. The fraction of sp³-hybridized carbons (Fsp3) is 0.278. The van der Waals surface area contributed by atoms with Crippen molar-refractivity contribution < 1.29 is 13.2 Å². The van der Waals surface area contributed by atoms with Crippen molar-refractivity contribution in [2.45, 2.75) is 37.1 Å². The number of nitrogens with one attached hydrogen (secondary N) is 2. The monoisotopic (exact) mass is 344 g/mol. The summed E-state index contributed by atoms with van der Waals surface area (Å²) < 4.78 is 26.6. The first-order valence-corrected chi connectivity index (χ1v) is 9.42. The first kappa shape index (κ1) is 16.5. The van der Waals surface area contributed by atoms with E-state index in [1.807, 2.05) is 31.2 Å². The van der Waals surface area contributed by atoms with Gasteiger partial charge in [-0.15, -0.1) is 0 Å². The van der Waals surface area contributed by atoms with Gasteiger partial charge in [0.25, 0.3) is 10.0 Å². The van der Waals surface area contributed by atoms with Gasteiger partial charge in [0.15, 0.2) is 0 Å². The second-order valence-electron chi connectivity index (χ2n) is 6.04. The largest absolute Gasteiger partial charge is 0.331 e. The van der Waals surface area contributed by atoms with Gasteiger partial charge in [-0.25, -0.2) is 17.9 Å². The molecule has 1 aliphatic rings. The van der Waals surface area contributed by atoms with Crippen molar-refractivity contribution in [1.29, 1.82) is 0 Å². The Bertz CT molecular complexity index is 845. The molecule has 0 aliphatic heterocycles. The summed E-state index contributed by atoms with van der Waals surface area (Å²) in [5, 5.41) is 2.78. The maximum absolute atomic E-state index is 12.3. The molecule has 1 aliphatic carbocycles. The number of hydrogen-bond donors (Lipinski definition) is 2. The zero-order chi connectivity index (χ0) is 17.2. The smallest absolute Gasteiger partial charge is 0.329 e. The van der Waals surface area contributed by atoms with Crippen LogP contribution in [0, 0.1) is 6.92 Å². The van der Waals surface area contributed by atoms with Crippen LogP contribution in [0.15, 0.2) is 53.4 Å². The van der Waals surface area contributed by atoms with E-state index >= 15 is 0 Å². The maximum atomic E-state index is 12.3. The second kappa shape index (κ2) is 6.65. The van der Waals surface area contributed by atoms with Crippen LogP contribution in [-0.4, -0.2) is 14.4 Å². The third-order valence-corrected chi connectivity index (χ3v) is 5.58. The molecule has 0 saturated carbocycles. The fourth-order valence-electron chi connectivity index (χ4n) is 2.99. The molecule has 126 valence electrons. The summed E-state index contributed by atoms with van der Waals surface area (Å²) in [6, 6.07) is 13.4. The van der Waals surface area contributed by atoms with E-state index in [-0.39, 0.29) is 10.9 Å². The quantitative estimate of drug-likeness (QED) is 0.898. The van der Waals surface area contributed by atoms with E-state index in [2.05, 4.69) is 10.0 Å². The Hall–Kier alpha value is -2.34. The molecule has 0 fully saturated rings. The van der Waals surface area contributed by atoms with Gasteiger partial charge in [-0.3, -0.25) is 0 Å². The molecule has 0 bridgehead atoms. The molecule has 0 saturated heterocycles. The van der Waals surface area contributed by atoms with Crippen LogP contribution in [0.25, 0.3) is 0 Å². The summed E-state index contributed by atoms with van der Waals surface area (Å²) in [7, 11) is -3.87. The van der Waals surface area contributed by atoms with Gasteiger partial charge in [-0.05, 0) is 49.4 Å². The Labute approximate surface area is 142 Å². The minimum Gasteiger partial charge on any atom is -0.331 e. The number of carbonyl (C=O) groups is 1. The maximum Gasteiger partial charge on any atom is 0.329 e. The number of urea groups is 1.